The van der Waals surface area contributed by atoms with Gasteiger partial charge >= 0.3 is 0 Å². The summed E-state index contributed by atoms with van der Waals surface area (Å²) in [6.07, 6.45) is 2.62. The van der Waals surface area contributed by atoms with Crippen molar-refractivity contribution in [2.75, 3.05) is 6.54 Å². The summed E-state index contributed by atoms with van der Waals surface area (Å²) in [7, 11) is 0. The van der Waals surface area contributed by atoms with Crippen LogP contribution in [0.4, 0.5) is 0 Å². The van der Waals surface area contributed by atoms with E-state index in [0.29, 0.717) is 41.2 Å². The van der Waals surface area contributed by atoms with Crippen LogP contribution in [0.5, 0.6) is 0 Å². The minimum Gasteiger partial charge on any atom is -0.310 e. The van der Waals surface area contributed by atoms with Crippen molar-refractivity contribution in [3.63, 3.8) is 0 Å². The van der Waals surface area contributed by atoms with Gasteiger partial charge in [-0.3, -0.25) is 24.7 Å². The Morgan fingerprint density at radius 2 is 2.00 bits per heavy atom. The molecule has 0 unspecified atom stereocenters. The summed E-state index contributed by atoms with van der Waals surface area (Å²) in [5.41, 5.74) is 2.42. The van der Waals surface area contributed by atoms with Gasteiger partial charge in [0.1, 0.15) is 0 Å². The molecule has 4 aromatic rings. The number of rotatable bonds is 3. The van der Waals surface area contributed by atoms with Crippen LogP contribution in [-0.4, -0.2) is 36.0 Å². The second-order valence-corrected chi connectivity index (χ2v) is 7.61. The Balaban J connectivity index is 1.67. The van der Waals surface area contributed by atoms with E-state index in [4.69, 9.17) is 11.6 Å². The van der Waals surface area contributed by atoms with Crippen molar-refractivity contribution in [2.45, 2.75) is 26.1 Å². The third-order valence-electron chi connectivity index (χ3n) is 5.33. The molecule has 0 saturated carbocycles. The van der Waals surface area contributed by atoms with Crippen molar-refractivity contribution in [1.82, 2.24) is 29.4 Å². The maximum Gasteiger partial charge on any atom is 0.280 e. The van der Waals surface area contributed by atoms with Gasteiger partial charge in [0.2, 0.25) is 0 Å². The number of nitrogens with zero attached hydrogens (tertiary/aromatic N) is 4. The van der Waals surface area contributed by atoms with E-state index in [2.05, 4.69) is 20.2 Å². The van der Waals surface area contributed by atoms with Crippen molar-refractivity contribution in [2.24, 2.45) is 0 Å². The van der Waals surface area contributed by atoms with Crippen LogP contribution in [0.25, 0.3) is 16.6 Å². The fraction of sp³-hybridized carbons (Fsp3) is 0.250. The van der Waals surface area contributed by atoms with Gasteiger partial charge < -0.3 is 4.57 Å². The predicted molar refractivity (Wildman–Crippen MR) is 110 cm³/mol. The number of para-hydroxylation sites is 1. The average molecular weight is 411 g/mol. The monoisotopic (exact) mass is 410 g/mol. The van der Waals surface area contributed by atoms with E-state index >= 15 is 0 Å². The lowest BCUT2D eigenvalue weighted by Crippen LogP contribution is -2.27. The number of H-pyrrole nitrogens is 2. The lowest BCUT2D eigenvalue weighted by Gasteiger charge is -2.19. The van der Waals surface area contributed by atoms with Crippen LogP contribution in [0.2, 0.25) is 5.02 Å². The second-order valence-electron chi connectivity index (χ2n) is 7.20. The molecule has 148 valence electrons. The Hall–Kier alpha value is -3.10. The molecule has 4 heterocycles. The summed E-state index contributed by atoms with van der Waals surface area (Å²) >= 11 is 6.30. The number of pyridine rings is 1. The molecule has 2 N–H and O–H groups in total. The Kier molecular flexibility index (Phi) is 4.37. The summed E-state index contributed by atoms with van der Waals surface area (Å²) in [6.45, 7) is 2.54. The number of hydrogen-bond acceptors (Lipinski definition) is 4. The first-order valence-electron chi connectivity index (χ1n) is 9.45. The van der Waals surface area contributed by atoms with Gasteiger partial charge in [-0.25, -0.2) is 4.68 Å². The smallest absolute Gasteiger partial charge is 0.280 e. The van der Waals surface area contributed by atoms with Gasteiger partial charge in [0.05, 0.1) is 33.0 Å². The summed E-state index contributed by atoms with van der Waals surface area (Å²) in [4.78, 5) is 28.3. The number of hydrogen-bond donors (Lipinski definition) is 2. The molecule has 8 nitrogen and oxygen atoms in total. The zero-order chi connectivity index (χ0) is 20.0. The first-order chi connectivity index (χ1) is 14.1. The normalized spacial score (nSPS) is 14.8. The van der Waals surface area contributed by atoms with E-state index in [1.165, 1.54) is 10.7 Å². The zero-order valence-electron chi connectivity index (χ0n) is 15.6. The van der Waals surface area contributed by atoms with E-state index in [9.17, 15) is 9.59 Å². The molecule has 0 radical (unpaired) electrons. The topological polar surface area (TPSA) is 91.7 Å². The van der Waals surface area contributed by atoms with Crippen LogP contribution in [0.1, 0.15) is 17.8 Å². The molecule has 29 heavy (non-hydrogen) atoms. The Morgan fingerprint density at radius 1 is 1.14 bits per heavy atom. The molecule has 0 aliphatic carbocycles. The number of nitrogens with one attached hydrogen (secondary N) is 2. The number of benzene rings is 1. The number of aromatic amines is 2. The lowest BCUT2D eigenvalue weighted by atomic mass is 10.2. The van der Waals surface area contributed by atoms with Crippen molar-refractivity contribution in [1.29, 1.82) is 0 Å². The molecule has 0 saturated heterocycles. The van der Waals surface area contributed by atoms with Gasteiger partial charge in [-0.2, -0.15) is 5.10 Å². The molecule has 3 aromatic heterocycles. The van der Waals surface area contributed by atoms with Crippen molar-refractivity contribution in [3.05, 3.63) is 79.7 Å². The van der Waals surface area contributed by atoms with Crippen LogP contribution in [0.15, 0.2) is 52.2 Å². The fourth-order valence-electron chi connectivity index (χ4n) is 4.01. The van der Waals surface area contributed by atoms with Gasteiger partial charge in [-0.05, 0) is 24.6 Å². The van der Waals surface area contributed by atoms with Crippen molar-refractivity contribution < 1.29 is 0 Å². The van der Waals surface area contributed by atoms with E-state index in [-0.39, 0.29) is 11.1 Å². The molecule has 1 aliphatic rings. The Bertz CT molecular complexity index is 1300. The summed E-state index contributed by atoms with van der Waals surface area (Å²) < 4.78 is 3.13. The molecule has 0 amide bonds. The fourth-order valence-corrected chi connectivity index (χ4v) is 4.23. The largest absolute Gasteiger partial charge is 0.310 e. The maximum absolute atomic E-state index is 13.3. The van der Waals surface area contributed by atoms with Gasteiger partial charge in [-0.1, -0.05) is 23.7 Å². The molecule has 5 rings (SSSR count). The quantitative estimate of drug-likeness (QED) is 0.542. The molecule has 0 bridgehead atoms. The van der Waals surface area contributed by atoms with Gasteiger partial charge in [-0.15, -0.1) is 0 Å². The predicted octanol–water partition coefficient (Wildman–Crippen LogP) is 2.26. The van der Waals surface area contributed by atoms with Gasteiger partial charge in [0.25, 0.3) is 11.1 Å². The highest BCUT2D eigenvalue weighted by Crippen LogP contribution is 2.22. The highest BCUT2D eigenvalue weighted by molar-refractivity contribution is 6.32. The molecule has 9 heteroatoms. The van der Waals surface area contributed by atoms with Crippen LogP contribution in [-0.2, 0) is 19.6 Å². The van der Waals surface area contributed by atoms with E-state index < -0.39 is 0 Å². The van der Waals surface area contributed by atoms with Gasteiger partial charge in [0.15, 0.2) is 0 Å². The van der Waals surface area contributed by atoms with E-state index in [1.54, 1.807) is 22.9 Å². The van der Waals surface area contributed by atoms with E-state index in [1.807, 2.05) is 18.2 Å². The summed E-state index contributed by atoms with van der Waals surface area (Å²) in [6, 6.07) is 10.6. The van der Waals surface area contributed by atoms with Crippen LogP contribution in [0.3, 0.4) is 0 Å². The minimum atomic E-state index is -0.210. The molecule has 0 atom stereocenters. The first-order valence-corrected chi connectivity index (χ1v) is 9.83. The highest BCUT2D eigenvalue weighted by atomic mass is 35.5. The highest BCUT2D eigenvalue weighted by Gasteiger charge is 2.23. The number of aromatic nitrogens is 5. The summed E-state index contributed by atoms with van der Waals surface area (Å²) in [5.74, 6) is 0. The van der Waals surface area contributed by atoms with Crippen LogP contribution < -0.4 is 11.1 Å². The molecule has 1 aromatic carbocycles. The molecule has 0 fully saturated rings. The third kappa shape index (κ3) is 3.10. The Labute approximate surface area is 170 Å². The van der Waals surface area contributed by atoms with Crippen LogP contribution in [0, 0.1) is 0 Å². The van der Waals surface area contributed by atoms with Crippen LogP contribution >= 0.6 is 11.6 Å². The first kappa shape index (κ1) is 18.0. The maximum atomic E-state index is 13.3. The van der Waals surface area contributed by atoms with E-state index in [0.717, 1.165) is 24.4 Å². The minimum absolute atomic E-state index is 0.110. The summed E-state index contributed by atoms with van der Waals surface area (Å²) in [5, 5.41) is 11.1. The number of fused-ring (bicyclic) bond motifs is 3. The molecular formula is C20H19ClN6O2. The molecule has 1 aliphatic heterocycles. The number of halogens is 1. The third-order valence-corrected chi connectivity index (χ3v) is 5.65. The van der Waals surface area contributed by atoms with Crippen molar-refractivity contribution in [3.8, 4) is 5.69 Å². The second kappa shape index (κ2) is 7.06. The van der Waals surface area contributed by atoms with Gasteiger partial charge in [0, 0.05) is 38.4 Å². The zero-order valence-corrected chi connectivity index (χ0v) is 16.3. The Morgan fingerprint density at radius 3 is 2.79 bits per heavy atom. The lowest BCUT2D eigenvalue weighted by molar-refractivity contribution is 0.258. The molecule has 0 spiro atoms. The standard InChI is InChI=1S/C20H19ClN6O2/c21-14-4-1-2-5-16(14)27-20(29)19-15(24-27)10-18(28)26-9-3-8-25(12-17(19)26)11-13-6-7-22-23-13/h1-2,4-7,10,24H,3,8-9,11-12H2,(H,22,23). The van der Waals surface area contributed by atoms with Crippen molar-refractivity contribution >= 4 is 22.5 Å². The molecular weight excluding hydrogens is 392 g/mol. The average Bonchev–Trinajstić information content (AvgIpc) is 3.25. The SMILES string of the molecule is O=c1c2c3n(c(=O)cc2[nH]n1-c1ccccc1Cl)CCCN(Cc1cc[nH]n1)C3.